The Bertz CT molecular complexity index is 283. The molecule has 2 saturated carbocycles. The van der Waals surface area contributed by atoms with Gasteiger partial charge in [0.2, 0.25) is 0 Å². The number of hydrogen-bond acceptors (Lipinski definition) is 2. The van der Waals surface area contributed by atoms with Crippen molar-refractivity contribution >= 4 is 0 Å². The van der Waals surface area contributed by atoms with Gasteiger partial charge in [0.25, 0.3) is 0 Å². The van der Waals surface area contributed by atoms with Crippen molar-refractivity contribution in [2.45, 2.75) is 96.7 Å². The maximum Gasteiger partial charge on any atom is 0.0810 e. The van der Waals surface area contributed by atoms with Gasteiger partial charge in [0.05, 0.1) is 11.7 Å². The van der Waals surface area contributed by atoms with Crippen LogP contribution >= 0.6 is 0 Å². The molecular formula is C19H37NO. The van der Waals surface area contributed by atoms with Gasteiger partial charge in [0, 0.05) is 6.54 Å². The third-order valence-corrected chi connectivity index (χ3v) is 6.06. The summed E-state index contributed by atoms with van der Waals surface area (Å²) < 4.78 is 6.86. The predicted octanol–water partition coefficient (Wildman–Crippen LogP) is 4.92. The van der Waals surface area contributed by atoms with Crippen LogP contribution in [0.4, 0.5) is 0 Å². The molecule has 2 heteroatoms. The van der Waals surface area contributed by atoms with Gasteiger partial charge in [-0.25, -0.2) is 0 Å². The maximum absolute atomic E-state index is 6.86. The summed E-state index contributed by atoms with van der Waals surface area (Å²) in [5.41, 5.74) is 0.136. The van der Waals surface area contributed by atoms with E-state index in [-0.39, 0.29) is 5.60 Å². The van der Waals surface area contributed by atoms with Crippen LogP contribution in [-0.4, -0.2) is 24.8 Å². The minimum atomic E-state index is 0.136. The van der Waals surface area contributed by atoms with Crippen molar-refractivity contribution in [1.29, 1.82) is 0 Å². The van der Waals surface area contributed by atoms with Gasteiger partial charge < -0.3 is 10.1 Å². The smallest absolute Gasteiger partial charge is 0.0810 e. The zero-order chi connectivity index (χ0) is 15.1. The highest BCUT2D eigenvalue weighted by molar-refractivity contribution is 4.91. The molecule has 2 rings (SSSR count). The van der Waals surface area contributed by atoms with Crippen LogP contribution < -0.4 is 5.32 Å². The number of ether oxygens (including phenoxy) is 1. The Morgan fingerprint density at radius 2 is 1.67 bits per heavy atom. The molecule has 124 valence electrons. The molecule has 0 radical (unpaired) electrons. The van der Waals surface area contributed by atoms with Gasteiger partial charge in [-0.1, -0.05) is 46.5 Å². The number of nitrogens with one attached hydrogen (secondary N) is 1. The summed E-state index contributed by atoms with van der Waals surface area (Å²) in [6, 6.07) is 0. The fourth-order valence-electron chi connectivity index (χ4n) is 4.42. The highest BCUT2D eigenvalue weighted by atomic mass is 16.5. The van der Waals surface area contributed by atoms with Crippen molar-refractivity contribution in [2.24, 2.45) is 11.8 Å². The lowest BCUT2D eigenvalue weighted by atomic mass is 9.76. The van der Waals surface area contributed by atoms with Crippen molar-refractivity contribution in [3.63, 3.8) is 0 Å². The second-order valence-electron chi connectivity index (χ2n) is 7.42. The fraction of sp³-hybridized carbons (Fsp3) is 1.00. The molecule has 2 fully saturated rings. The average Bonchev–Trinajstić information content (AvgIpc) is 2.54. The van der Waals surface area contributed by atoms with Gasteiger partial charge in [0.1, 0.15) is 0 Å². The van der Waals surface area contributed by atoms with Gasteiger partial charge in [-0.15, -0.1) is 0 Å². The molecule has 21 heavy (non-hydrogen) atoms. The highest BCUT2D eigenvalue weighted by Crippen LogP contribution is 2.40. The lowest BCUT2D eigenvalue weighted by Crippen LogP contribution is -2.49. The molecule has 2 atom stereocenters. The molecule has 0 aromatic rings. The minimum Gasteiger partial charge on any atom is -0.370 e. The highest BCUT2D eigenvalue weighted by Gasteiger charge is 2.39. The summed E-state index contributed by atoms with van der Waals surface area (Å²) >= 11 is 0. The Morgan fingerprint density at radius 1 is 0.952 bits per heavy atom. The van der Waals surface area contributed by atoms with Crippen molar-refractivity contribution in [3.05, 3.63) is 0 Å². The third kappa shape index (κ3) is 4.69. The fourth-order valence-corrected chi connectivity index (χ4v) is 4.42. The molecule has 0 bridgehead atoms. The molecule has 0 amide bonds. The van der Waals surface area contributed by atoms with Crippen molar-refractivity contribution in [1.82, 2.24) is 5.32 Å². The zero-order valence-electron chi connectivity index (χ0n) is 14.6. The number of likely N-dealkylation sites (N-methyl/N-ethyl adjacent to an activating group) is 1. The predicted molar refractivity (Wildman–Crippen MR) is 90.6 cm³/mol. The van der Waals surface area contributed by atoms with Crippen LogP contribution in [0.15, 0.2) is 0 Å². The van der Waals surface area contributed by atoms with Crippen LogP contribution in [0.3, 0.4) is 0 Å². The first-order valence-corrected chi connectivity index (χ1v) is 9.61. The molecule has 2 aliphatic rings. The van der Waals surface area contributed by atoms with E-state index in [9.17, 15) is 0 Å². The SMILES string of the molecule is CCNCC1(OC2CCCCC2CC)CCC(CC)CC1. The van der Waals surface area contributed by atoms with E-state index in [1.807, 2.05) is 0 Å². The van der Waals surface area contributed by atoms with Crippen LogP contribution in [0.5, 0.6) is 0 Å². The monoisotopic (exact) mass is 295 g/mol. The zero-order valence-corrected chi connectivity index (χ0v) is 14.6. The van der Waals surface area contributed by atoms with Gasteiger partial charge in [-0.2, -0.15) is 0 Å². The topological polar surface area (TPSA) is 21.3 Å². The first-order valence-electron chi connectivity index (χ1n) is 9.61. The first-order chi connectivity index (χ1) is 10.2. The first kappa shape index (κ1) is 17.3. The summed E-state index contributed by atoms with van der Waals surface area (Å²) in [6.07, 6.45) is 13.9. The second kappa shape index (κ2) is 8.53. The van der Waals surface area contributed by atoms with Crippen molar-refractivity contribution in [3.8, 4) is 0 Å². The van der Waals surface area contributed by atoms with Crippen molar-refractivity contribution < 1.29 is 4.74 Å². The quantitative estimate of drug-likeness (QED) is 0.720. The minimum absolute atomic E-state index is 0.136. The van der Waals surface area contributed by atoms with Gasteiger partial charge in [-0.3, -0.25) is 0 Å². The van der Waals surface area contributed by atoms with E-state index in [0.717, 1.165) is 24.9 Å². The van der Waals surface area contributed by atoms with Gasteiger partial charge in [0.15, 0.2) is 0 Å². The van der Waals surface area contributed by atoms with Gasteiger partial charge >= 0.3 is 0 Å². The van der Waals surface area contributed by atoms with Crippen LogP contribution in [0.1, 0.15) is 85.0 Å². The Hall–Kier alpha value is -0.0800. The molecule has 2 nitrogen and oxygen atoms in total. The molecule has 2 aliphatic carbocycles. The average molecular weight is 296 g/mol. The number of hydrogen-bond donors (Lipinski definition) is 1. The van der Waals surface area contributed by atoms with E-state index in [1.54, 1.807) is 0 Å². The number of rotatable bonds is 7. The van der Waals surface area contributed by atoms with E-state index in [4.69, 9.17) is 4.74 Å². The Morgan fingerprint density at radius 3 is 2.29 bits per heavy atom. The molecular weight excluding hydrogens is 258 g/mol. The molecule has 2 unspecified atom stereocenters. The normalized spacial score (nSPS) is 37.6. The molecule has 0 heterocycles. The largest absolute Gasteiger partial charge is 0.370 e. The second-order valence-corrected chi connectivity index (χ2v) is 7.42. The lowest BCUT2D eigenvalue weighted by molar-refractivity contribution is -0.145. The Kier molecular flexibility index (Phi) is 7.01. The van der Waals surface area contributed by atoms with Crippen LogP contribution in [0.2, 0.25) is 0 Å². The van der Waals surface area contributed by atoms with E-state index in [1.165, 1.54) is 64.2 Å². The third-order valence-electron chi connectivity index (χ3n) is 6.06. The standard InChI is InChI=1S/C19H37NO/c1-4-16-11-13-19(14-12-16,15-20-6-3)21-18-10-8-7-9-17(18)5-2/h16-18,20H,4-15H2,1-3H3. The molecule has 0 aliphatic heterocycles. The van der Waals surface area contributed by atoms with Crippen molar-refractivity contribution in [2.75, 3.05) is 13.1 Å². The van der Waals surface area contributed by atoms with Crippen LogP contribution in [0, 0.1) is 11.8 Å². The van der Waals surface area contributed by atoms with Gasteiger partial charge in [-0.05, 0) is 56.9 Å². The Labute approximate surface area is 132 Å². The maximum atomic E-state index is 6.86. The van der Waals surface area contributed by atoms with Crippen LogP contribution in [-0.2, 0) is 4.74 Å². The summed E-state index contributed by atoms with van der Waals surface area (Å²) in [4.78, 5) is 0. The van der Waals surface area contributed by atoms with E-state index in [2.05, 4.69) is 26.1 Å². The van der Waals surface area contributed by atoms with E-state index < -0.39 is 0 Å². The summed E-state index contributed by atoms with van der Waals surface area (Å²) in [5, 5.41) is 3.59. The lowest BCUT2D eigenvalue weighted by Gasteiger charge is -2.45. The van der Waals surface area contributed by atoms with Crippen LogP contribution in [0.25, 0.3) is 0 Å². The molecule has 0 aromatic carbocycles. The summed E-state index contributed by atoms with van der Waals surface area (Å²) in [5.74, 6) is 1.75. The molecule has 0 spiro atoms. The molecule has 0 aromatic heterocycles. The Balaban J connectivity index is 1.98. The molecule has 0 saturated heterocycles. The van der Waals surface area contributed by atoms with E-state index in [0.29, 0.717) is 6.10 Å². The summed E-state index contributed by atoms with van der Waals surface area (Å²) in [6.45, 7) is 9.02. The molecule has 1 N–H and O–H groups in total. The van der Waals surface area contributed by atoms with E-state index >= 15 is 0 Å². The summed E-state index contributed by atoms with van der Waals surface area (Å²) in [7, 11) is 0.